The molecule has 1 aromatic rings. The molecule has 1 saturated heterocycles. The predicted molar refractivity (Wildman–Crippen MR) is 74.7 cm³/mol. The molecule has 1 fully saturated rings. The lowest BCUT2D eigenvalue weighted by atomic mass is 10.2. The predicted octanol–water partition coefficient (Wildman–Crippen LogP) is 1.71. The summed E-state index contributed by atoms with van der Waals surface area (Å²) >= 11 is 0. The highest BCUT2D eigenvalue weighted by atomic mass is 32.2. The zero-order valence-corrected chi connectivity index (χ0v) is 12.7. The number of carbonyl (C=O) groups is 1. The van der Waals surface area contributed by atoms with Crippen LogP contribution in [0.25, 0.3) is 0 Å². The second-order valence-electron chi connectivity index (χ2n) is 5.11. The van der Waals surface area contributed by atoms with Crippen molar-refractivity contribution in [1.29, 1.82) is 0 Å². The van der Waals surface area contributed by atoms with Crippen molar-refractivity contribution in [2.24, 2.45) is 0 Å². The molecule has 1 aromatic carbocycles. The molecule has 0 saturated carbocycles. The summed E-state index contributed by atoms with van der Waals surface area (Å²) in [5.74, 6) is -0.495. The van der Waals surface area contributed by atoms with Gasteiger partial charge in [-0.2, -0.15) is 4.31 Å². The van der Waals surface area contributed by atoms with Gasteiger partial charge < -0.3 is 4.74 Å². The van der Waals surface area contributed by atoms with Crippen LogP contribution in [0.2, 0.25) is 0 Å². The van der Waals surface area contributed by atoms with Crippen LogP contribution in [0.5, 0.6) is 0 Å². The Kier molecular flexibility index (Phi) is 4.15. The monoisotopic (exact) mass is 297 g/mol. The van der Waals surface area contributed by atoms with Crippen LogP contribution in [0.15, 0.2) is 29.2 Å². The van der Waals surface area contributed by atoms with E-state index in [0.29, 0.717) is 12.8 Å². The maximum atomic E-state index is 12.7. The van der Waals surface area contributed by atoms with Crippen LogP contribution in [0.4, 0.5) is 0 Å². The molecule has 20 heavy (non-hydrogen) atoms. The molecule has 0 radical (unpaired) electrons. The van der Waals surface area contributed by atoms with Crippen molar-refractivity contribution in [1.82, 2.24) is 4.31 Å². The van der Waals surface area contributed by atoms with Gasteiger partial charge >= 0.3 is 5.97 Å². The van der Waals surface area contributed by atoms with Crippen LogP contribution < -0.4 is 0 Å². The number of sulfonamides is 1. The highest BCUT2D eigenvalue weighted by Crippen LogP contribution is 2.31. The molecule has 110 valence electrons. The first kappa shape index (κ1) is 15.0. The number of methoxy groups -OCH3 is 1. The molecule has 5 nitrogen and oxygen atoms in total. The van der Waals surface area contributed by atoms with Crippen LogP contribution in [-0.2, 0) is 19.6 Å². The Labute approximate surface area is 119 Å². The molecule has 0 bridgehead atoms. The Morgan fingerprint density at radius 1 is 1.25 bits per heavy atom. The number of ether oxygens (including phenoxy) is 1. The smallest absolute Gasteiger partial charge is 0.324 e. The first-order valence-electron chi connectivity index (χ1n) is 6.56. The van der Waals surface area contributed by atoms with Gasteiger partial charge in [-0.15, -0.1) is 0 Å². The summed E-state index contributed by atoms with van der Waals surface area (Å²) in [7, 11) is -2.40. The standard InChI is InChI=1S/C14H19NO4S/c1-10-4-7-12(8-5-10)20(17,18)15-11(2)6-9-13(15)14(16)19-3/h4-5,7-8,11,13H,6,9H2,1-3H3. The molecular weight excluding hydrogens is 278 g/mol. The number of rotatable bonds is 3. The summed E-state index contributed by atoms with van der Waals surface area (Å²) < 4.78 is 31.4. The molecule has 0 aromatic heterocycles. The van der Waals surface area contributed by atoms with Crippen LogP contribution in [0.1, 0.15) is 25.3 Å². The molecule has 0 N–H and O–H groups in total. The average molecular weight is 297 g/mol. The van der Waals surface area contributed by atoms with Crippen molar-refractivity contribution in [2.45, 2.75) is 43.7 Å². The summed E-state index contributed by atoms with van der Waals surface area (Å²) in [5, 5.41) is 0. The Balaban J connectivity index is 2.40. The lowest BCUT2D eigenvalue weighted by Gasteiger charge is -2.26. The summed E-state index contributed by atoms with van der Waals surface area (Å²) in [6, 6.07) is 5.72. The fourth-order valence-electron chi connectivity index (χ4n) is 2.55. The number of nitrogens with zero attached hydrogens (tertiary/aromatic N) is 1. The Morgan fingerprint density at radius 3 is 2.40 bits per heavy atom. The maximum absolute atomic E-state index is 12.7. The van der Waals surface area contributed by atoms with Crippen LogP contribution in [-0.4, -0.2) is 37.9 Å². The van der Waals surface area contributed by atoms with Crippen molar-refractivity contribution < 1.29 is 17.9 Å². The van der Waals surface area contributed by atoms with Gasteiger partial charge in [0.15, 0.2) is 0 Å². The average Bonchev–Trinajstić information content (AvgIpc) is 2.81. The van der Waals surface area contributed by atoms with Crippen molar-refractivity contribution >= 4 is 16.0 Å². The Hall–Kier alpha value is -1.40. The minimum Gasteiger partial charge on any atom is -0.468 e. The summed E-state index contributed by atoms with van der Waals surface area (Å²) in [6.07, 6.45) is 1.16. The Morgan fingerprint density at radius 2 is 1.85 bits per heavy atom. The number of aryl methyl sites for hydroxylation is 1. The normalized spacial score (nSPS) is 23.8. The summed E-state index contributed by atoms with van der Waals surface area (Å²) in [5.41, 5.74) is 0.989. The quantitative estimate of drug-likeness (QED) is 0.797. The van der Waals surface area contributed by atoms with E-state index in [-0.39, 0.29) is 10.9 Å². The van der Waals surface area contributed by atoms with Gasteiger partial charge in [-0.1, -0.05) is 17.7 Å². The number of esters is 1. The fourth-order valence-corrected chi connectivity index (χ4v) is 4.38. The molecule has 0 amide bonds. The lowest BCUT2D eigenvalue weighted by molar-refractivity contribution is -0.144. The van der Waals surface area contributed by atoms with E-state index < -0.39 is 22.0 Å². The highest BCUT2D eigenvalue weighted by molar-refractivity contribution is 7.89. The van der Waals surface area contributed by atoms with Crippen LogP contribution in [0, 0.1) is 6.92 Å². The van der Waals surface area contributed by atoms with E-state index in [9.17, 15) is 13.2 Å². The van der Waals surface area contributed by atoms with Crippen LogP contribution >= 0.6 is 0 Å². The van der Waals surface area contributed by atoms with E-state index in [2.05, 4.69) is 0 Å². The lowest BCUT2D eigenvalue weighted by Crippen LogP contribution is -2.44. The van der Waals surface area contributed by atoms with Gasteiger partial charge in [-0.3, -0.25) is 4.79 Å². The minimum absolute atomic E-state index is 0.203. The van der Waals surface area contributed by atoms with Crippen molar-refractivity contribution in [3.05, 3.63) is 29.8 Å². The molecule has 2 atom stereocenters. The zero-order valence-electron chi connectivity index (χ0n) is 11.9. The molecule has 1 aliphatic rings. The van der Waals surface area contributed by atoms with Gasteiger partial charge in [0, 0.05) is 6.04 Å². The first-order chi connectivity index (χ1) is 9.37. The molecule has 1 aliphatic heterocycles. The molecular formula is C14H19NO4S. The Bertz CT molecular complexity index is 594. The first-order valence-corrected chi connectivity index (χ1v) is 8.00. The number of carbonyl (C=O) groups excluding carboxylic acids is 1. The van der Waals surface area contributed by atoms with Gasteiger partial charge in [0.25, 0.3) is 0 Å². The third kappa shape index (κ3) is 2.58. The maximum Gasteiger partial charge on any atom is 0.324 e. The van der Waals surface area contributed by atoms with Gasteiger partial charge in [-0.05, 0) is 38.8 Å². The van der Waals surface area contributed by atoms with E-state index in [1.807, 2.05) is 13.8 Å². The largest absolute Gasteiger partial charge is 0.468 e. The van der Waals surface area contributed by atoms with Crippen molar-refractivity contribution in [3.8, 4) is 0 Å². The minimum atomic E-state index is -3.68. The van der Waals surface area contributed by atoms with E-state index in [4.69, 9.17) is 4.74 Å². The molecule has 6 heteroatoms. The van der Waals surface area contributed by atoms with Gasteiger partial charge in [0.1, 0.15) is 6.04 Å². The van der Waals surface area contributed by atoms with Gasteiger partial charge in [0.05, 0.1) is 12.0 Å². The van der Waals surface area contributed by atoms with E-state index >= 15 is 0 Å². The third-order valence-electron chi connectivity index (χ3n) is 3.67. The SMILES string of the molecule is COC(=O)C1CCC(C)N1S(=O)(=O)c1ccc(C)cc1. The van der Waals surface area contributed by atoms with E-state index in [1.54, 1.807) is 24.3 Å². The highest BCUT2D eigenvalue weighted by Gasteiger charge is 2.44. The molecule has 2 rings (SSSR count). The number of benzene rings is 1. The summed E-state index contributed by atoms with van der Waals surface area (Å²) in [6.45, 7) is 3.71. The van der Waals surface area contributed by atoms with Crippen molar-refractivity contribution in [2.75, 3.05) is 7.11 Å². The molecule has 2 unspecified atom stereocenters. The number of hydrogen-bond acceptors (Lipinski definition) is 4. The van der Waals surface area contributed by atoms with Crippen molar-refractivity contribution in [3.63, 3.8) is 0 Å². The topological polar surface area (TPSA) is 63.7 Å². The van der Waals surface area contributed by atoms with Gasteiger partial charge in [-0.25, -0.2) is 8.42 Å². The number of hydrogen-bond donors (Lipinski definition) is 0. The fraction of sp³-hybridized carbons (Fsp3) is 0.500. The summed E-state index contributed by atoms with van der Waals surface area (Å²) in [4.78, 5) is 12.0. The van der Waals surface area contributed by atoms with Crippen LogP contribution in [0.3, 0.4) is 0 Å². The molecule has 1 heterocycles. The van der Waals surface area contributed by atoms with E-state index in [1.165, 1.54) is 11.4 Å². The zero-order chi connectivity index (χ0) is 14.9. The molecule has 0 spiro atoms. The molecule has 0 aliphatic carbocycles. The second kappa shape index (κ2) is 5.54. The van der Waals surface area contributed by atoms with Gasteiger partial charge in [0.2, 0.25) is 10.0 Å². The van der Waals surface area contributed by atoms with E-state index in [0.717, 1.165) is 5.56 Å². The second-order valence-corrected chi connectivity index (χ2v) is 6.96. The third-order valence-corrected chi connectivity index (χ3v) is 5.71.